The van der Waals surface area contributed by atoms with Gasteiger partial charge in [0.15, 0.2) is 0 Å². The van der Waals surface area contributed by atoms with Crippen LogP contribution in [0.1, 0.15) is 15.9 Å². The number of anilines is 1. The summed E-state index contributed by atoms with van der Waals surface area (Å²) < 4.78 is 0. The van der Waals surface area contributed by atoms with Gasteiger partial charge in [-0.25, -0.2) is 0 Å². The van der Waals surface area contributed by atoms with Gasteiger partial charge in [0, 0.05) is 28.6 Å². The van der Waals surface area contributed by atoms with Gasteiger partial charge in [0.2, 0.25) is 0 Å². The van der Waals surface area contributed by atoms with E-state index in [1.807, 2.05) is 36.4 Å². The van der Waals surface area contributed by atoms with E-state index in [2.05, 4.69) is 16.7 Å². The molecule has 1 heterocycles. The van der Waals surface area contributed by atoms with Crippen molar-refractivity contribution in [3.8, 4) is 6.07 Å². The van der Waals surface area contributed by atoms with Crippen molar-refractivity contribution in [3.63, 3.8) is 0 Å². The van der Waals surface area contributed by atoms with Gasteiger partial charge in [-0.2, -0.15) is 5.26 Å². The Bertz CT molecular complexity index is 737. The SMILES string of the molecule is N#Cc1ccc2c(c1)NCCNC(=O)c1ccccc1S2. The van der Waals surface area contributed by atoms with Crippen LogP contribution < -0.4 is 10.6 Å². The Morgan fingerprint density at radius 3 is 2.71 bits per heavy atom. The Labute approximate surface area is 127 Å². The fourth-order valence-electron chi connectivity index (χ4n) is 2.16. The molecule has 2 aromatic rings. The Balaban J connectivity index is 2.07. The predicted octanol–water partition coefficient (Wildman–Crippen LogP) is 2.86. The van der Waals surface area contributed by atoms with E-state index in [9.17, 15) is 4.79 Å². The van der Waals surface area contributed by atoms with Crippen LogP contribution in [0.3, 0.4) is 0 Å². The number of hydrogen-bond acceptors (Lipinski definition) is 4. The molecule has 1 amide bonds. The van der Waals surface area contributed by atoms with E-state index in [1.54, 1.807) is 6.07 Å². The number of carbonyl (C=O) groups is 1. The average molecular weight is 295 g/mol. The van der Waals surface area contributed by atoms with Crippen molar-refractivity contribution >= 4 is 23.4 Å². The largest absolute Gasteiger partial charge is 0.382 e. The molecule has 0 saturated carbocycles. The van der Waals surface area contributed by atoms with Crippen molar-refractivity contribution in [2.45, 2.75) is 9.79 Å². The summed E-state index contributed by atoms with van der Waals surface area (Å²) in [6, 6.07) is 15.2. The first-order valence-electron chi connectivity index (χ1n) is 6.61. The molecule has 4 nitrogen and oxygen atoms in total. The van der Waals surface area contributed by atoms with Crippen molar-refractivity contribution in [1.82, 2.24) is 5.32 Å². The fraction of sp³-hybridized carbons (Fsp3) is 0.125. The van der Waals surface area contributed by atoms with Gasteiger partial charge in [0.1, 0.15) is 0 Å². The summed E-state index contributed by atoms with van der Waals surface area (Å²) in [6.45, 7) is 1.16. The first-order chi connectivity index (χ1) is 10.3. The molecule has 1 aliphatic rings. The lowest BCUT2D eigenvalue weighted by Crippen LogP contribution is -2.29. The van der Waals surface area contributed by atoms with Crippen LogP contribution in [0, 0.1) is 11.3 Å². The topological polar surface area (TPSA) is 64.9 Å². The van der Waals surface area contributed by atoms with Gasteiger partial charge in [-0.1, -0.05) is 23.9 Å². The molecule has 0 atom stereocenters. The minimum absolute atomic E-state index is 0.0583. The van der Waals surface area contributed by atoms with Crippen LogP contribution in [-0.2, 0) is 0 Å². The number of benzene rings is 2. The van der Waals surface area contributed by atoms with E-state index in [4.69, 9.17) is 5.26 Å². The molecule has 0 bridgehead atoms. The zero-order valence-corrected chi connectivity index (χ0v) is 12.0. The second kappa shape index (κ2) is 5.90. The molecule has 0 aromatic heterocycles. The Morgan fingerprint density at radius 2 is 1.86 bits per heavy atom. The van der Waals surface area contributed by atoms with E-state index in [1.165, 1.54) is 11.8 Å². The molecule has 0 fully saturated rings. The summed E-state index contributed by atoms with van der Waals surface area (Å²) >= 11 is 1.53. The molecule has 5 heteroatoms. The standard InChI is InChI=1S/C16H13N3OS/c17-10-11-5-6-15-13(9-11)18-7-8-19-16(20)12-3-1-2-4-14(12)21-15/h1-6,9,18H,7-8H2,(H,19,20). The van der Waals surface area contributed by atoms with E-state index >= 15 is 0 Å². The van der Waals surface area contributed by atoms with Crippen LogP contribution in [-0.4, -0.2) is 19.0 Å². The van der Waals surface area contributed by atoms with Crippen molar-refractivity contribution in [3.05, 3.63) is 53.6 Å². The van der Waals surface area contributed by atoms with Crippen LogP contribution >= 0.6 is 11.8 Å². The van der Waals surface area contributed by atoms with E-state index in [0.29, 0.717) is 24.2 Å². The number of nitrogens with zero attached hydrogens (tertiary/aromatic N) is 1. The van der Waals surface area contributed by atoms with Gasteiger partial charge in [-0.15, -0.1) is 0 Å². The third-order valence-electron chi connectivity index (χ3n) is 3.19. The molecule has 104 valence electrons. The first-order valence-corrected chi connectivity index (χ1v) is 7.42. The first kappa shape index (κ1) is 13.5. The van der Waals surface area contributed by atoms with E-state index < -0.39 is 0 Å². The normalized spacial score (nSPS) is 14.0. The molecule has 0 spiro atoms. The van der Waals surface area contributed by atoms with Crippen LogP contribution in [0.25, 0.3) is 0 Å². The minimum atomic E-state index is -0.0583. The number of fused-ring (bicyclic) bond motifs is 2. The zero-order valence-electron chi connectivity index (χ0n) is 11.2. The van der Waals surface area contributed by atoms with Crippen LogP contribution in [0.2, 0.25) is 0 Å². The average Bonchev–Trinajstić information content (AvgIpc) is 2.52. The molecule has 0 radical (unpaired) electrons. The molecule has 2 N–H and O–H groups in total. The summed E-state index contributed by atoms with van der Waals surface area (Å²) in [7, 11) is 0. The Morgan fingerprint density at radius 1 is 1.05 bits per heavy atom. The highest BCUT2D eigenvalue weighted by Crippen LogP contribution is 2.36. The number of nitrogens with one attached hydrogen (secondary N) is 2. The highest BCUT2D eigenvalue weighted by molar-refractivity contribution is 7.99. The third-order valence-corrected chi connectivity index (χ3v) is 4.34. The highest BCUT2D eigenvalue weighted by atomic mass is 32.2. The van der Waals surface area contributed by atoms with Crippen molar-refractivity contribution in [1.29, 1.82) is 5.26 Å². The monoisotopic (exact) mass is 295 g/mol. The van der Waals surface area contributed by atoms with E-state index in [0.717, 1.165) is 15.5 Å². The number of amides is 1. The van der Waals surface area contributed by atoms with Crippen molar-refractivity contribution in [2.24, 2.45) is 0 Å². The molecule has 2 aromatic carbocycles. The smallest absolute Gasteiger partial charge is 0.252 e. The lowest BCUT2D eigenvalue weighted by molar-refractivity contribution is 0.0952. The maximum Gasteiger partial charge on any atom is 0.252 e. The number of nitriles is 1. The predicted molar refractivity (Wildman–Crippen MR) is 82.5 cm³/mol. The van der Waals surface area contributed by atoms with Crippen LogP contribution in [0.15, 0.2) is 52.3 Å². The molecule has 1 aliphatic heterocycles. The van der Waals surface area contributed by atoms with Gasteiger partial charge in [-0.05, 0) is 30.3 Å². The van der Waals surface area contributed by atoms with E-state index in [-0.39, 0.29) is 5.91 Å². The Hall–Kier alpha value is -2.45. The van der Waals surface area contributed by atoms with Gasteiger partial charge < -0.3 is 10.6 Å². The maximum absolute atomic E-state index is 12.1. The molecule has 0 unspecified atom stereocenters. The summed E-state index contributed by atoms with van der Waals surface area (Å²) in [5.41, 5.74) is 2.22. The lowest BCUT2D eigenvalue weighted by Gasteiger charge is -2.17. The molecular weight excluding hydrogens is 282 g/mol. The zero-order chi connectivity index (χ0) is 14.7. The summed E-state index contributed by atoms with van der Waals surface area (Å²) in [6.07, 6.45) is 0. The Kier molecular flexibility index (Phi) is 3.80. The fourth-order valence-corrected chi connectivity index (χ4v) is 3.19. The minimum Gasteiger partial charge on any atom is -0.382 e. The van der Waals surface area contributed by atoms with Crippen molar-refractivity contribution < 1.29 is 4.79 Å². The van der Waals surface area contributed by atoms with Gasteiger partial charge in [0.05, 0.1) is 17.2 Å². The highest BCUT2D eigenvalue weighted by Gasteiger charge is 2.15. The summed E-state index contributed by atoms with van der Waals surface area (Å²) in [5, 5.41) is 15.2. The second-order valence-corrected chi connectivity index (χ2v) is 5.69. The quantitative estimate of drug-likeness (QED) is 0.784. The lowest BCUT2D eigenvalue weighted by atomic mass is 10.2. The molecule has 0 saturated heterocycles. The molecule has 21 heavy (non-hydrogen) atoms. The number of rotatable bonds is 0. The maximum atomic E-state index is 12.1. The third kappa shape index (κ3) is 2.86. The molecule has 0 aliphatic carbocycles. The van der Waals surface area contributed by atoms with Crippen molar-refractivity contribution in [2.75, 3.05) is 18.4 Å². The van der Waals surface area contributed by atoms with Gasteiger partial charge in [0.25, 0.3) is 5.91 Å². The number of carbonyl (C=O) groups excluding carboxylic acids is 1. The molecular formula is C16H13N3OS. The number of hydrogen-bond donors (Lipinski definition) is 2. The second-order valence-electron chi connectivity index (χ2n) is 4.60. The van der Waals surface area contributed by atoms with Gasteiger partial charge in [-0.3, -0.25) is 4.79 Å². The van der Waals surface area contributed by atoms with Crippen LogP contribution in [0.5, 0.6) is 0 Å². The van der Waals surface area contributed by atoms with Crippen LogP contribution in [0.4, 0.5) is 5.69 Å². The van der Waals surface area contributed by atoms with Gasteiger partial charge >= 0.3 is 0 Å². The molecule has 3 rings (SSSR count). The summed E-state index contributed by atoms with van der Waals surface area (Å²) in [4.78, 5) is 14.1. The summed E-state index contributed by atoms with van der Waals surface area (Å²) in [5.74, 6) is -0.0583.